The summed E-state index contributed by atoms with van der Waals surface area (Å²) in [5, 5.41) is 9.60. The van der Waals surface area contributed by atoms with Gasteiger partial charge in [-0.15, -0.1) is 0 Å². The van der Waals surface area contributed by atoms with Crippen LogP contribution in [-0.4, -0.2) is 36.4 Å². The molecule has 0 aliphatic carbocycles. The maximum absolute atomic E-state index is 12.3. The number of aliphatic hydroxyl groups excluding tert-OH is 1. The van der Waals surface area contributed by atoms with E-state index in [1.807, 2.05) is 0 Å². The molecule has 0 amide bonds. The largest absolute Gasteiger partial charge is 0.462 e. The van der Waals surface area contributed by atoms with Crippen LogP contribution >= 0.6 is 0 Å². The highest BCUT2D eigenvalue weighted by Crippen LogP contribution is 2.18. The lowest BCUT2D eigenvalue weighted by Crippen LogP contribution is -2.28. The summed E-state index contributed by atoms with van der Waals surface area (Å²) in [5.41, 5.74) is 0. The molecule has 0 saturated carbocycles. The number of allylic oxidation sites excluding steroid dienone is 6. The molecule has 0 aromatic rings. The van der Waals surface area contributed by atoms with Gasteiger partial charge in [0, 0.05) is 12.8 Å². The van der Waals surface area contributed by atoms with Crippen LogP contribution in [0.25, 0.3) is 0 Å². The number of hydrogen-bond acceptors (Lipinski definition) is 5. The van der Waals surface area contributed by atoms with Crippen molar-refractivity contribution in [3.05, 3.63) is 36.5 Å². The van der Waals surface area contributed by atoms with Gasteiger partial charge in [0.15, 0.2) is 6.10 Å². The topological polar surface area (TPSA) is 72.8 Å². The summed E-state index contributed by atoms with van der Waals surface area (Å²) < 4.78 is 10.6. The maximum atomic E-state index is 12.3. The molecule has 1 atom stereocenters. The maximum Gasteiger partial charge on any atom is 0.306 e. The molecule has 1 unspecified atom stereocenters. The predicted molar refractivity (Wildman–Crippen MR) is 288 cm³/mol. The molecule has 0 fully saturated rings. The van der Waals surface area contributed by atoms with Gasteiger partial charge in [-0.05, 0) is 64.2 Å². The van der Waals surface area contributed by atoms with E-state index >= 15 is 0 Å². The van der Waals surface area contributed by atoms with E-state index < -0.39 is 6.10 Å². The molecular formula is C61H114O5. The van der Waals surface area contributed by atoms with E-state index in [4.69, 9.17) is 9.47 Å². The molecule has 1 N–H and O–H groups in total. The summed E-state index contributed by atoms with van der Waals surface area (Å²) in [6.45, 7) is 4.11. The number of aliphatic hydroxyl groups is 1. The van der Waals surface area contributed by atoms with Gasteiger partial charge < -0.3 is 14.6 Å². The third kappa shape index (κ3) is 54.7. The number of unbranched alkanes of at least 4 members (excludes halogenated alkanes) is 41. The van der Waals surface area contributed by atoms with Gasteiger partial charge in [-0.1, -0.05) is 281 Å². The van der Waals surface area contributed by atoms with Gasteiger partial charge in [0.1, 0.15) is 6.61 Å². The molecule has 0 aromatic carbocycles. The Morgan fingerprint density at radius 3 is 0.955 bits per heavy atom. The molecule has 0 radical (unpaired) electrons. The van der Waals surface area contributed by atoms with Crippen molar-refractivity contribution in [2.75, 3.05) is 13.2 Å². The van der Waals surface area contributed by atoms with E-state index in [2.05, 4.69) is 50.3 Å². The normalized spacial score (nSPS) is 12.3. The highest BCUT2D eigenvalue weighted by Gasteiger charge is 2.16. The molecule has 0 bridgehead atoms. The number of ether oxygens (including phenoxy) is 2. The number of carbonyl (C=O) groups excluding carboxylic acids is 2. The number of carbonyl (C=O) groups is 2. The smallest absolute Gasteiger partial charge is 0.306 e. The second-order valence-corrected chi connectivity index (χ2v) is 20.1. The summed E-state index contributed by atoms with van der Waals surface area (Å²) in [5.74, 6) is -0.588. The second-order valence-electron chi connectivity index (χ2n) is 20.1. The molecule has 0 aliphatic heterocycles. The highest BCUT2D eigenvalue weighted by atomic mass is 16.6. The second kappa shape index (κ2) is 57.4. The van der Waals surface area contributed by atoms with E-state index in [-0.39, 0.29) is 25.2 Å². The van der Waals surface area contributed by atoms with Crippen molar-refractivity contribution >= 4 is 11.9 Å². The first kappa shape index (κ1) is 64.1. The quantitative estimate of drug-likeness (QED) is 0.0374. The summed E-state index contributed by atoms with van der Waals surface area (Å²) >= 11 is 0. The lowest BCUT2D eigenvalue weighted by atomic mass is 10.0. The summed E-state index contributed by atoms with van der Waals surface area (Å²) in [7, 11) is 0. The lowest BCUT2D eigenvalue weighted by molar-refractivity contribution is -0.161. The third-order valence-corrected chi connectivity index (χ3v) is 13.4. The van der Waals surface area contributed by atoms with Crippen LogP contribution in [0, 0.1) is 0 Å². The van der Waals surface area contributed by atoms with E-state index in [1.54, 1.807) is 0 Å². The Balaban J connectivity index is 3.33. The van der Waals surface area contributed by atoms with Crippen LogP contribution in [0.3, 0.4) is 0 Å². The van der Waals surface area contributed by atoms with Gasteiger partial charge in [-0.3, -0.25) is 9.59 Å². The summed E-state index contributed by atoms with van der Waals surface area (Å²) in [6.07, 6.45) is 74.5. The summed E-state index contributed by atoms with van der Waals surface area (Å²) in [4.78, 5) is 24.4. The minimum absolute atomic E-state index is 0.0657. The Hall–Kier alpha value is -1.88. The molecule has 5 nitrogen and oxygen atoms in total. The predicted octanol–water partition coefficient (Wildman–Crippen LogP) is 19.9. The average Bonchev–Trinajstić information content (AvgIpc) is 3.32. The first-order chi connectivity index (χ1) is 32.6. The molecule has 388 valence electrons. The fourth-order valence-electron chi connectivity index (χ4n) is 8.92. The Morgan fingerprint density at radius 2 is 0.621 bits per heavy atom. The number of rotatable bonds is 55. The third-order valence-electron chi connectivity index (χ3n) is 13.4. The van der Waals surface area contributed by atoms with E-state index in [1.165, 1.54) is 244 Å². The Bertz CT molecular complexity index is 1050. The van der Waals surface area contributed by atoms with Crippen molar-refractivity contribution in [2.45, 2.75) is 328 Å². The van der Waals surface area contributed by atoms with Crippen LogP contribution in [0.15, 0.2) is 36.5 Å². The van der Waals surface area contributed by atoms with Crippen LogP contribution < -0.4 is 0 Å². The molecule has 0 saturated heterocycles. The van der Waals surface area contributed by atoms with Crippen molar-refractivity contribution in [1.29, 1.82) is 0 Å². The fourth-order valence-corrected chi connectivity index (χ4v) is 8.92. The van der Waals surface area contributed by atoms with Gasteiger partial charge in [-0.25, -0.2) is 0 Å². The first-order valence-electron chi connectivity index (χ1n) is 29.5. The molecule has 0 aromatic heterocycles. The van der Waals surface area contributed by atoms with Crippen molar-refractivity contribution in [2.24, 2.45) is 0 Å². The van der Waals surface area contributed by atoms with Crippen molar-refractivity contribution < 1.29 is 24.2 Å². The first-order valence-corrected chi connectivity index (χ1v) is 29.5. The van der Waals surface area contributed by atoms with Gasteiger partial charge >= 0.3 is 11.9 Å². The molecule has 66 heavy (non-hydrogen) atoms. The zero-order chi connectivity index (χ0) is 47.7. The lowest BCUT2D eigenvalue weighted by Gasteiger charge is -2.15. The van der Waals surface area contributed by atoms with Crippen molar-refractivity contribution in [3.63, 3.8) is 0 Å². The molecular weight excluding hydrogens is 813 g/mol. The fraction of sp³-hybridized carbons (Fsp3) is 0.869. The van der Waals surface area contributed by atoms with Crippen molar-refractivity contribution in [1.82, 2.24) is 0 Å². The minimum Gasteiger partial charge on any atom is -0.462 e. The SMILES string of the molecule is CCCC/C=C\CCCCCCCC(=O)OCC(CO)OC(=O)CCCCCCCCCCCCCCCCCCCCCCCCCCCCCCC/C=C\C/C=C\CCCCCCC. The van der Waals surface area contributed by atoms with E-state index in [9.17, 15) is 14.7 Å². The Kier molecular flexibility index (Phi) is 55.8. The van der Waals surface area contributed by atoms with E-state index in [0.717, 1.165) is 51.4 Å². The zero-order valence-electron chi connectivity index (χ0n) is 44.5. The summed E-state index contributed by atoms with van der Waals surface area (Å²) in [6, 6.07) is 0. The van der Waals surface area contributed by atoms with Gasteiger partial charge in [0.05, 0.1) is 6.61 Å². The van der Waals surface area contributed by atoms with Gasteiger partial charge in [0.2, 0.25) is 0 Å². The molecule has 5 heteroatoms. The van der Waals surface area contributed by atoms with Crippen LogP contribution in [0.4, 0.5) is 0 Å². The number of esters is 2. The molecule has 0 rings (SSSR count). The van der Waals surface area contributed by atoms with Crippen LogP contribution in [-0.2, 0) is 19.1 Å². The molecule has 0 spiro atoms. The van der Waals surface area contributed by atoms with Crippen molar-refractivity contribution in [3.8, 4) is 0 Å². The van der Waals surface area contributed by atoms with Gasteiger partial charge in [0.25, 0.3) is 0 Å². The standard InChI is InChI=1S/C61H114O5/c1-3-5-7-9-11-13-15-16-17-18-19-20-21-22-23-24-25-26-27-28-29-30-31-32-33-34-35-36-37-38-39-40-41-42-43-44-46-48-50-52-54-56-61(64)66-59(57-62)58-65-60(63)55-53-51-49-47-45-14-12-10-8-6-4-2/h10,12,15-16,18-19,59,62H,3-9,11,13-14,17,20-58H2,1-2H3/b12-10-,16-15-,19-18-. The van der Waals surface area contributed by atoms with Crippen LogP contribution in [0.1, 0.15) is 322 Å². The minimum atomic E-state index is -0.771. The monoisotopic (exact) mass is 927 g/mol. The van der Waals surface area contributed by atoms with Crippen LogP contribution in [0.2, 0.25) is 0 Å². The van der Waals surface area contributed by atoms with Crippen LogP contribution in [0.5, 0.6) is 0 Å². The van der Waals surface area contributed by atoms with Gasteiger partial charge in [-0.2, -0.15) is 0 Å². The molecule has 0 heterocycles. The van der Waals surface area contributed by atoms with E-state index in [0.29, 0.717) is 12.8 Å². The highest BCUT2D eigenvalue weighted by molar-refractivity contribution is 5.70. The molecule has 0 aliphatic rings. The Morgan fingerprint density at radius 1 is 0.348 bits per heavy atom. The Labute approximate surface area is 412 Å². The zero-order valence-corrected chi connectivity index (χ0v) is 44.5. The number of hydrogen-bond donors (Lipinski definition) is 1. The average molecular weight is 928 g/mol.